The molecule has 1 atom stereocenters. The number of amides is 2. The van der Waals surface area contributed by atoms with E-state index in [1.807, 2.05) is 13.8 Å². The van der Waals surface area contributed by atoms with Crippen LogP contribution in [-0.2, 0) is 10.0 Å². The molecule has 0 bridgehead atoms. The van der Waals surface area contributed by atoms with Crippen molar-refractivity contribution in [2.24, 2.45) is 0 Å². The molecule has 2 amide bonds. The Morgan fingerprint density at radius 3 is 2.55 bits per heavy atom. The monoisotopic (exact) mass is 345 g/mol. The summed E-state index contributed by atoms with van der Waals surface area (Å²) in [4.78, 5) is 12.0. The summed E-state index contributed by atoms with van der Waals surface area (Å²) in [7, 11) is -3.65. The van der Waals surface area contributed by atoms with Crippen molar-refractivity contribution in [1.29, 1.82) is 0 Å². The van der Waals surface area contributed by atoms with Gasteiger partial charge in [-0.1, -0.05) is 11.6 Å². The van der Waals surface area contributed by atoms with Gasteiger partial charge in [-0.25, -0.2) is 13.2 Å². The Balaban J connectivity index is 2.15. The topological polar surface area (TPSA) is 78.5 Å². The van der Waals surface area contributed by atoms with Gasteiger partial charge in [0.05, 0.1) is 11.1 Å². The van der Waals surface area contributed by atoms with E-state index < -0.39 is 16.2 Å². The number of hydrogen-bond acceptors (Lipinski definition) is 3. The molecule has 0 radical (unpaired) electrons. The number of rotatable bonds is 4. The number of halogens is 1. The van der Waals surface area contributed by atoms with Crippen LogP contribution in [0.5, 0.6) is 0 Å². The maximum absolute atomic E-state index is 12.7. The Hall–Kier alpha value is -1.31. The lowest BCUT2D eigenvalue weighted by molar-refractivity contribution is 0.226. The van der Waals surface area contributed by atoms with E-state index in [1.165, 1.54) is 16.4 Å². The number of hydrogen-bond donors (Lipinski definition) is 2. The quantitative estimate of drug-likeness (QED) is 0.877. The fraction of sp³-hybridized carbons (Fsp3) is 0.500. The summed E-state index contributed by atoms with van der Waals surface area (Å²) in [5, 5.41) is 5.90. The van der Waals surface area contributed by atoms with Gasteiger partial charge in [0.25, 0.3) is 0 Å². The zero-order valence-corrected chi connectivity index (χ0v) is 14.1. The van der Waals surface area contributed by atoms with Crippen molar-refractivity contribution in [3.05, 3.63) is 29.3 Å². The molecular formula is C14H20ClN3O3S. The highest BCUT2D eigenvalue weighted by molar-refractivity contribution is 7.89. The van der Waals surface area contributed by atoms with Gasteiger partial charge in [0, 0.05) is 17.6 Å². The first-order valence-electron chi connectivity index (χ1n) is 7.15. The van der Waals surface area contributed by atoms with Crippen LogP contribution in [0.1, 0.15) is 26.7 Å². The molecule has 2 N–H and O–H groups in total. The fourth-order valence-corrected chi connectivity index (χ4v) is 4.11. The Morgan fingerprint density at radius 2 is 1.95 bits per heavy atom. The van der Waals surface area contributed by atoms with Gasteiger partial charge >= 0.3 is 6.03 Å². The standard InChI is InChI=1S/C14H20ClN3O3S/c1-10(2)16-14(19)17-13-4-3-9-18(13)22(20,21)12-7-5-11(15)6-8-12/h5-8,10,13H,3-4,9H2,1-2H3,(H2,16,17,19). The zero-order chi connectivity index (χ0) is 16.3. The first kappa shape index (κ1) is 17.1. The van der Waals surface area contributed by atoms with Crippen LogP contribution in [0.4, 0.5) is 4.79 Å². The average Bonchev–Trinajstić information content (AvgIpc) is 2.87. The SMILES string of the molecule is CC(C)NC(=O)NC1CCCN1S(=O)(=O)c1ccc(Cl)cc1. The lowest BCUT2D eigenvalue weighted by atomic mass is 10.3. The molecule has 1 saturated heterocycles. The van der Waals surface area contributed by atoms with Gasteiger partial charge in [0.1, 0.15) is 0 Å². The molecule has 6 nitrogen and oxygen atoms in total. The van der Waals surface area contributed by atoms with Gasteiger partial charge in [-0.15, -0.1) is 0 Å². The smallest absolute Gasteiger partial charge is 0.316 e. The van der Waals surface area contributed by atoms with E-state index in [0.29, 0.717) is 24.4 Å². The van der Waals surface area contributed by atoms with Crippen LogP contribution in [0, 0.1) is 0 Å². The minimum absolute atomic E-state index is 0.0114. The summed E-state index contributed by atoms with van der Waals surface area (Å²) in [6.07, 6.45) is 0.775. The van der Waals surface area contributed by atoms with Crippen LogP contribution < -0.4 is 10.6 Å². The van der Waals surface area contributed by atoms with E-state index in [9.17, 15) is 13.2 Å². The molecule has 1 unspecified atom stereocenters. The Labute approximate surface area is 135 Å². The largest absolute Gasteiger partial charge is 0.336 e. The van der Waals surface area contributed by atoms with E-state index in [0.717, 1.165) is 0 Å². The number of nitrogens with one attached hydrogen (secondary N) is 2. The molecule has 0 aliphatic carbocycles. The predicted octanol–water partition coefficient (Wildman–Crippen LogP) is 2.16. The second-order valence-electron chi connectivity index (χ2n) is 5.50. The van der Waals surface area contributed by atoms with Crippen molar-refractivity contribution >= 4 is 27.7 Å². The third-order valence-electron chi connectivity index (χ3n) is 3.34. The molecule has 1 fully saturated rings. The number of benzene rings is 1. The molecule has 22 heavy (non-hydrogen) atoms. The van der Waals surface area contributed by atoms with Gasteiger partial charge in [-0.2, -0.15) is 4.31 Å². The van der Waals surface area contributed by atoms with Gasteiger partial charge < -0.3 is 10.6 Å². The Bertz CT molecular complexity index is 631. The van der Waals surface area contributed by atoms with E-state index in [-0.39, 0.29) is 17.0 Å². The molecule has 1 aromatic rings. The number of urea groups is 1. The lowest BCUT2D eigenvalue weighted by Crippen LogP contribution is -2.51. The summed E-state index contributed by atoms with van der Waals surface area (Å²) < 4.78 is 26.7. The van der Waals surface area contributed by atoms with Crippen molar-refractivity contribution in [3.8, 4) is 0 Å². The summed E-state index contributed by atoms with van der Waals surface area (Å²) in [6.45, 7) is 4.07. The summed E-state index contributed by atoms with van der Waals surface area (Å²) in [6, 6.07) is 5.65. The Kier molecular flexibility index (Phi) is 5.31. The van der Waals surface area contributed by atoms with E-state index in [1.54, 1.807) is 12.1 Å². The zero-order valence-electron chi connectivity index (χ0n) is 12.5. The molecule has 0 spiro atoms. The molecule has 1 aliphatic rings. The summed E-state index contributed by atoms with van der Waals surface area (Å²) in [5.74, 6) is 0. The molecular weight excluding hydrogens is 326 g/mol. The van der Waals surface area contributed by atoms with Gasteiger partial charge in [0.2, 0.25) is 10.0 Å². The van der Waals surface area contributed by atoms with Crippen molar-refractivity contribution < 1.29 is 13.2 Å². The van der Waals surface area contributed by atoms with Crippen molar-refractivity contribution in [2.45, 2.75) is 43.8 Å². The van der Waals surface area contributed by atoms with E-state index in [2.05, 4.69) is 10.6 Å². The molecule has 1 aliphatic heterocycles. The molecule has 0 saturated carbocycles. The average molecular weight is 346 g/mol. The molecule has 0 aromatic heterocycles. The van der Waals surface area contributed by atoms with Crippen LogP contribution in [0.2, 0.25) is 5.02 Å². The van der Waals surface area contributed by atoms with Gasteiger partial charge in [0.15, 0.2) is 0 Å². The fourth-order valence-electron chi connectivity index (χ4n) is 2.37. The summed E-state index contributed by atoms with van der Waals surface area (Å²) in [5.41, 5.74) is 0. The van der Waals surface area contributed by atoms with Crippen molar-refractivity contribution in [1.82, 2.24) is 14.9 Å². The highest BCUT2D eigenvalue weighted by Gasteiger charge is 2.36. The van der Waals surface area contributed by atoms with Crippen LogP contribution in [-0.4, -0.2) is 37.5 Å². The molecule has 8 heteroatoms. The third kappa shape index (κ3) is 3.91. The molecule has 1 aromatic carbocycles. The second kappa shape index (κ2) is 6.85. The predicted molar refractivity (Wildman–Crippen MR) is 85.2 cm³/mol. The van der Waals surface area contributed by atoms with Crippen molar-refractivity contribution in [2.75, 3.05) is 6.54 Å². The molecule has 2 rings (SSSR count). The van der Waals surface area contributed by atoms with Gasteiger partial charge in [-0.3, -0.25) is 0 Å². The first-order chi connectivity index (χ1) is 10.3. The van der Waals surface area contributed by atoms with Crippen LogP contribution >= 0.6 is 11.6 Å². The number of sulfonamides is 1. The van der Waals surface area contributed by atoms with Crippen LogP contribution in [0.25, 0.3) is 0 Å². The number of carbonyl (C=O) groups is 1. The molecule has 1 heterocycles. The molecule has 122 valence electrons. The first-order valence-corrected chi connectivity index (χ1v) is 8.97. The highest BCUT2D eigenvalue weighted by Crippen LogP contribution is 2.25. The number of carbonyl (C=O) groups excluding carboxylic acids is 1. The Morgan fingerprint density at radius 1 is 1.32 bits per heavy atom. The van der Waals surface area contributed by atoms with E-state index in [4.69, 9.17) is 11.6 Å². The maximum Gasteiger partial charge on any atom is 0.316 e. The minimum atomic E-state index is -3.65. The second-order valence-corrected chi connectivity index (χ2v) is 7.83. The third-order valence-corrected chi connectivity index (χ3v) is 5.52. The van der Waals surface area contributed by atoms with Gasteiger partial charge in [-0.05, 0) is 51.0 Å². The van der Waals surface area contributed by atoms with Crippen LogP contribution in [0.3, 0.4) is 0 Å². The summed E-state index contributed by atoms with van der Waals surface area (Å²) >= 11 is 5.79. The van der Waals surface area contributed by atoms with Crippen molar-refractivity contribution in [3.63, 3.8) is 0 Å². The minimum Gasteiger partial charge on any atom is -0.336 e. The number of nitrogens with zero attached hydrogens (tertiary/aromatic N) is 1. The maximum atomic E-state index is 12.7. The highest BCUT2D eigenvalue weighted by atomic mass is 35.5. The van der Waals surface area contributed by atoms with Crippen LogP contribution in [0.15, 0.2) is 29.2 Å². The van der Waals surface area contributed by atoms with E-state index >= 15 is 0 Å². The lowest BCUT2D eigenvalue weighted by Gasteiger charge is -2.25. The normalized spacial score (nSPS) is 19.4.